The molecule has 0 radical (unpaired) electrons. The summed E-state index contributed by atoms with van der Waals surface area (Å²) in [4.78, 5) is 30.1. The molecule has 4 rings (SSSR count). The second kappa shape index (κ2) is 11.4. The second-order valence-electron chi connectivity index (χ2n) is 8.84. The van der Waals surface area contributed by atoms with Crippen LogP contribution in [-0.2, 0) is 13.1 Å². The van der Waals surface area contributed by atoms with Crippen molar-refractivity contribution in [1.82, 2.24) is 34.4 Å². The Morgan fingerprint density at radius 2 is 1.82 bits per heavy atom. The predicted molar refractivity (Wildman–Crippen MR) is 137 cm³/mol. The van der Waals surface area contributed by atoms with E-state index in [0.29, 0.717) is 21.8 Å². The number of nitrogens with zero attached hydrogens (tertiary/aromatic N) is 6. The lowest BCUT2D eigenvalue weighted by Crippen LogP contribution is -2.37. The molecule has 0 bridgehead atoms. The molecule has 10 nitrogen and oxygen atoms in total. The number of aliphatic hydroxyl groups is 1. The number of amides is 1. The lowest BCUT2D eigenvalue weighted by molar-refractivity contribution is -0.207. The van der Waals surface area contributed by atoms with Crippen molar-refractivity contribution in [2.45, 2.75) is 51.7 Å². The van der Waals surface area contributed by atoms with Gasteiger partial charge in [-0.2, -0.15) is 13.2 Å². The average molecular weight is 564 g/mol. The molecule has 0 aliphatic rings. The van der Waals surface area contributed by atoms with Gasteiger partial charge in [0.1, 0.15) is 12.9 Å². The lowest BCUT2D eigenvalue weighted by atomic mass is 10.1. The molecule has 39 heavy (non-hydrogen) atoms. The number of alkyl halides is 3. The summed E-state index contributed by atoms with van der Waals surface area (Å²) in [5, 5.41) is 21.5. The van der Waals surface area contributed by atoms with Gasteiger partial charge in [-0.15, -0.1) is 10.2 Å². The summed E-state index contributed by atoms with van der Waals surface area (Å²) < 4.78 is 42.3. The molecular weight excluding hydrogens is 539 g/mol. The first-order valence-corrected chi connectivity index (χ1v) is 12.3. The number of carbonyl (C=O) groups excluding carboxylic acids is 1. The minimum atomic E-state index is -4.94. The highest BCUT2D eigenvalue weighted by Crippen LogP contribution is 2.24. The number of benzene rings is 2. The zero-order chi connectivity index (χ0) is 28.3. The minimum Gasteiger partial charge on any atom is -0.382 e. The van der Waals surface area contributed by atoms with Crippen molar-refractivity contribution >= 4 is 17.5 Å². The highest BCUT2D eigenvalue weighted by Gasteiger charge is 2.39. The van der Waals surface area contributed by atoms with Crippen molar-refractivity contribution in [1.29, 1.82) is 0 Å². The standard InChI is InChI=1S/C25H25ClF3N7O3/c1-3-15(2)31-23(38)18-6-4-5-7-19(18)36-14-30-21(32-36)13-35-24(39)34(12-20(37)25(27,28)29)22(33-35)16-8-10-17(26)11-9-16/h4-11,14-15,20,37H,3,12-13H2,1-2H3,(H,31,38)/t15?,20-/m0/s1. The Bertz CT molecular complexity index is 1510. The Balaban J connectivity index is 1.67. The highest BCUT2D eigenvalue weighted by atomic mass is 35.5. The fourth-order valence-electron chi connectivity index (χ4n) is 3.69. The van der Waals surface area contributed by atoms with Gasteiger partial charge in [0.2, 0.25) is 0 Å². The van der Waals surface area contributed by atoms with Gasteiger partial charge in [0, 0.05) is 16.6 Å². The molecule has 0 saturated carbocycles. The molecule has 2 atom stereocenters. The van der Waals surface area contributed by atoms with Gasteiger partial charge in [0.05, 0.1) is 17.8 Å². The molecule has 2 heterocycles. The third-order valence-corrected chi connectivity index (χ3v) is 6.23. The van der Waals surface area contributed by atoms with Crippen molar-refractivity contribution < 1.29 is 23.1 Å². The lowest BCUT2D eigenvalue weighted by Gasteiger charge is -2.15. The van der Waals surface area contributed by atoms with Gasteiger partial charge in [0.15, 0.2) is 17.8 Å². The summed E-state index contributed by atoms with van der Waals surface area (Å²) in [6.07, 6.45) is -5.61. The maximum atomic E-state index is 13.1. The van der Waals surface area contributed by atoms with Crippen LogP contribution in [-0.4, -0.2) is 58.4 Å². The summed E-state index contributed by atoms with van der Waals surface area (Å²) in [5.74, 6) is -0.257. The zero-order valence-electron chi connectivity index (χ0n) is 20.9. The van der Waals surface area contributed by atoms with Gasteiger partial charge in [-0.05, 0) is 49.7 Å². The summed E-state index contributed by atoms with van der Waals surface area (Å²) in [6.45, 7) is 2.51. The molecule has 2 N–H and O–H groups in total. The van der Waals surface area contributed by atoms with Gasteiger partial charge >= 0.3 is 11.9 Å². The number of carbonyl (C=O) groups is 1. The Kier molecular flexibility index (Phi) is 8.21. The van der Waals surface area contributed by atoms with Gasteiger partial charge in [-0.1, -0.05) is 30.7 Å². The maximum Gasteiger partial charge on any atom is 0.416 e. The van der Waals surface area contributed by atoms with E-state index in [0.717, 1.165) is 15.7 Å². The summed E-state index contributed by atoms with van der Waals surface area (Å²) in [7, 11) is 0. The van der Waals surface area contributed by atoms with Crippen LogP contribution in [0.25, 0.3) is 17.1 Å². The SMILES string of the molecule is CCC(C)NC(=O)c1ccccc1-n1cnc(Cn2nc(-c3ccc(Cl)cc3)n(C[C@H](O)C(F)(F)F)c2=O)n1. The van der Waals surface area contributed by atoms with Crippen molar-refractivity contribution in [2.24, 2.45) is 0 Å². The van der Waals surface area contributed by atoms with E-state index in [-0.39, 0.29) is 30.1 Å². The van der Waals surface area contributed by atoms with Crippen molar-refractivity contribution in [2.75, 3.05) is 0 Å². The number of para-hydroxylation sites is 1. The largest absolute Gasteiger partial charge is 0.416 e. The molecule has 2 aromatic carbocycles. The molecule has 2 aromatic heterocycles. The van der Waals surface area contributed by atoms with Crippen LogP contribution in [0.2, 0.25) is 5.02 Å². The number of rotatable bonds is 9. The molecule has 0 aliphatic carbocycles. The van der Waals surface area contributed by atoms with Crippen LogP contribution in [0, 0.1) is 0 Å². The average Bonchev–Trinajstić information content (AvgIpc) is 3.49. The van der Waals surface area contributed by atoms with Crippen molar-refractivity contribution in [3.63, 3.8) is 0 Å². The normalized spacial score (nSPS) is 13.3. The summed E-state index contributed by atoms with van der Waals surface area (Å²) >= 11 is 5.92. The number of aromatic nitrogens is 6. The smallest absolute Gasteiger partial charge is 0.382 e. The predicted octanol–water partition coefficient (Wildman–Crippen LogP) is 3.45. The number of nitrogens with one attached hydrogen (secondary N) is 1. The van der Waals surface area contributed by atoms with Crippen LogP contribution >= 0.6 is 11.6 Å². The second-order valence-corrected chi connectivity index (χ2v) is 9.28. The summed E-state index contributed by atoms with van der Waals surface area (Å²) in [6, 6.07) is 12.7. The Hall–Kier alpha value is -3.97. The molecular formula is C25H25ClF3N7O3. The molecule has 0 spiro atoms. The van der Waals surface area contributed by atoms with E-state index < -0.39 is 24.5 Å². The molecule has 0 fully saturated rings. The fourth-order valence-corrected chi connectivity index (χ4v) is 3.81. The number of halogens is 4. The Labute approximate surface area is 225 Å². The molecule has 4 aromatic rings. The Morgan fingerprint density at radius 3 is 2.49 bits per heavy atom. The molecule has 14 heteroatoms. The highest BCUT2D eigenvalue weighted by molar-refractivity contribution is 6.30. The van der Waals surface area contributed by atoms with Crippen LogP contribution in [0.3, 0.4) is 0 Å². The van der Waals surface area contributed by atoms with Crippen molar-refractivity contribution in [3.8, 4) is 17.1 Å². The quantitative estimate of drug-likeness (QED) is 0.322. The minimum absolute atomic E-state index is 0.0375. The van der Waals surface area contributed by atoms with Crippen LogP contribution in [0.15, 0.2) is 59.7 Å². The van der Waals surface area contributed by atoms with E-state index in [1.807, 2.05) is 13.8 Å². The molecule has 206 valence electrons. The molecule has 0 aliphatic heterocycles. The van der Waals surface area contributed by atoms with Crippen LogP contribution in [0.1, 0.15) is 36.5 Å². The molecule has 1 amide bonds. The Morgan fingerprint density at radius 1 is 1.13 bits per heavy atom. The zero-order valence-corrected chi connectivity index (χ0v) is 21.7. The molecule has 0 saturated heterocycles. The first kappa shape index (κ1) is 28.0. The van der Waals surface area contributed by atoms with Crippen LogP contribution in [0.5, 0.6) is 0 Å². The van der Waals surface area contributed by atoms with E-state index in [4.69, 9.17) is 11.6 Å². The van der Waals surface area contributed by atoms with Gasteiger partial charge < -0.3 is 10.4 Å². The van der Waals surface area contributed by atoms with Gasteiger partial charge in [-0.3, -0.25) is 9.36 Å². The van der Waals surface area contributed by atoms with E-state index in [1.54, 1.807) is 24.3 Å². The third kappa shape index (κ3) is 6.37. The number of hydrogen-bond donors (Lipinski definition) is 2. The van der Waals surface area contributed by atoms with E-state index >= 15 is 0 Å². The van der Waals surface area contributed by atoms with Crippen LogP contribution in [0.4, 0.5) is 13.2 Å². The van der Waals surface area contributed by atoms with Crippen LogP contribution < -0.4 is 11.0 Å². The number of hydrogen-bond acceptors (Lipinski definition) is 6. The van der Waals surface area contributed by atoms with E-state index in [1.165, 1.54) is 35.3 Å². The fraction of sp³-hybridized carbons (Fsp3) is 0.320. The van der Waals surface area contributed by atoms with Crippen molar-refractivity contribution in [3.05, 3.63) is 81.8 Å². The maximum absolute atomic E-state index is 13.1. The third-order valence-electron chi connectivity index (χ3n) is 5.97. The van der Waals surface area contributed by atoms with Gasteiger partial charge in [0.25, 0.3) is 5.91 Å². The summed E-state index contributed by atoms with van der Waals surface area (Å²) in [5.41, 5.74) is 0.240. The first-order valence-electron chi connectivity index (χ1n) is 12.0. The number of aliphatic hydroxyl groups excluding tert-OH is 1. The van der Waals surface area contributed by atoms with Gasteiger partial charge in [-0.25, -0.2) is 19.1 Å². The monoisotopic (exact) mass is 563 g/mol. The van der Waals surface area contributed by atoms with E-state index in [2.05, 4.69) is 20.5 Å². The van der Waals surface area contributed by atoms with E-state index in [9.17, 15) is 27.9 Å². The first-order chi connectivity index (χ1) is 18.5. The topological polar surface area (TPSA) is 120 Å². The molecule has 1 unspecified atom stereocenters.